The van der Waals surface area contributed by atoms with Gasteiger partial charge in [-0.15, -0.1) is 12.6 Å². The van der Waals surface area contributed by atoms with Crippen molar-refractivity contribution in [1.82, 2.24) is 0 Å². The fourth-order valence-corrected chi connectivity index (χ4v) is 1.74. The maximum absolute atomic E-state index is 11.7. The largest absolute Gasteiger partial charge is 0.323 e. The van der Waals surface area contributed by atoms with Crippen molar-refractivity contribution in [2.24, 2.45) is 0 Å². The smallest absolute Gasteiger partial charge is 0.308 e. The van der Waals surface area contributed by atoms with Crippen molar-refractivity contribution in [3.05, 3.63) is 53.6 Å². The molecule has 0 aliphatic heterocycles. The van der Waals surface area contributed by atoms with Crippen molar-refractivity contribution in [2.45, 2.75) is 4.90 Å². The lowest BCUT2D eigenvalue weighted by atomic mass is 10.3. The van der Waals surface area contributed by atoms with Crippen LogP contribution in [0.25, 0.3) is 0 Å². The van der Waals surface area contributed by atoms with Gasteiger partial charge in [0, 0.05) is 21.3 Å². The zero-order valence-corrected chi connectivity index (χ0v) is 11.0. The Balaban J connectivity index is 1.98. The predicted octanol–water partition coefficient (Wildman–Crippen LogP) is 4.27. The molecule has 3 nitrogen and oxygen atoms in total. The number of thiol groups is 1. The molecule has 2 N–H and O–H groups in total. The van der Waals surface area contributed by atoms with Gasteiger partial charge >= 0.3 is 6.03 Å². The van der Waals surface area contributed by atoms with E-state index in [2.05, 4.69) is 23.3 Å². The number of nitrogens with one attached hydrogen (secondary N) is 2. The van der Waals surface area contributed by atoms with Gasteiger partial charge in [0.2, 0.25) is 0 Å². The van der Waals surface area contributed by atoms with Gasteiger partial charge in [0.1, 0.15) is 0 Å². The summed E-state index contributed by atoms with van der Waals surface area (Å²) in [5, 5.41) is 5.98. The average Bonchev–Trinajstić information content (AvgIpc) is 2.32. The fourth-order valence-electron chi connectivity index (χ4n) is 1.40. The standard InChI is InChI=1S/C13H11ClN2OS/c14-9-2-1-3-11(8-9)16-13(17)15-10-4-6-12(18)7-5-10/h1-8,18H,(H2,15,16,17). The number of carbonyl (C=O) groups excluding carboxylic acids is 1. The Hall–Kier alpha value is -1.65. The Kier molecular flexibility index (Phi) is 4.12. The zero-order chi connectivity index (χ0) is 13.0. The van der Waals surface area contributed by atoms with E-state index >= 15 is 0 Å². The van der Waals surface area contributed by atoms with E-state index in [0.717, 1.165) is 4.90 Å². The van der Waals surface area contributed by atoms with Crippen LogP contribution in [0.4, 0.5) is 16.2 Å². The second kappa shape index (κ2) is 5.80. The normalized spacial score (nSPS) is 9.89. The molecule has 0 radical (unpaired) electrons. The first-order valence-electron chi connectivity index (χ1n) is 5.26. The molecule has 0 aliphatic rings. The van der Waals surface area contributed by atoms with E-state index in [9.17, 15) is 4.79 Å². The quantitative estimate of drug-likeness (QED) is 0.706. The van der Waals surface area contributed by atoms with Crippen LogP contribution in [0, 0.1) is 0 Å². The van der Waals surface area contributed by atoms with E-state index in [4.69, 9.17) is 11.6 Å². The molecule has 0 aromatic heterocycles. The molecule has 0 spiro atoms. The summed E-state index contributed by atoms with van der Waals surface area (Å²) < 4.78 is 0. The van der Waals surface area contributed by atoms with E-state index < -0.39 is 0 Å². The lowest BCUT2D eigenvalue weighted by Gasteiger charge is -2.07. The topological polar surface area (TPSA) is 41.1 Å². The van der Waals surface area contributed by atoms with Crippen LogP contribution in [0.3, 0.4) is 0 Å². The first-order valence-corrected chi connectivity index (χ1v) is 6.08. The van der Waals surface area contributed by atoms with Crippen molar-refractivity contribution >= 4 is 41.6 Å². The molecule has 0 saturated heterocycles. The van der Waals surface area contributed by atoms with Crippen molar-refractivity contribution in [3.8, 4) is 0 Å². The first-order chi connectivity index (χ1) is 8.63. The van der Waals surface area contributed by atoms with Crippen LogP contribution < -0.4 is 10.6 Å². The molecule has 92 valence electrons. The van der Waals surface area contributed by atoms with E-state index in [-0.39, 0.29) is 6.03 Å². The Morgan fingerprint density at radius 3 is 2.33 bits per heavy atom. The maximum Gasteiger partial charge on any atom is 0.323 e. The third-order valence-electron chi connectivity index (χ3n) is 2.21. The van der Waals surface area contributed by atoms with Gasteiger partial charge in [-0.05, 0) is 42.5 Å². The number of amides is 2. The number of hydrogen-bond donors (Lipinski definition) is 3. The van der Waals surface area contributed by atoms with Crippen molar-refractivity contribution in [2.75, 3.05) is 10.6 Å². The molecule has 0 saturated carbocycles. The molecule has 0 unspecified atom stereocenters. The number of halogens is 1. The molecule has 2 rings (SSSR count). The fraction of sp³-hybridized carbons (Fsp3) is 0. The van der Waals surface area contributed by atoms with Crippen LogP contribution >= 0.6 is 24.2 Å². The van der Waals surface area contributed by atoms with E-state index in [1.54, 1.807) is 48.5 Å². The minimum absolute atomic E-state index is 0.316. The monoisotopic (exact) mass is 278 g/mol. The van der Waals surface area contributed by atoms with E-state index in [1.165, 1.54) is 0 Å². The average molecular weight is 279 g/mol. The molecular weight excluding hydrogens is 268 g/mol. The molecule has 0 heterocycles. The molecule has 0 aliphatic carbocycles. The van der Waals surface area contributed by atoms with Crippen molar-refractivity contribution < 1.29 is 4.79 Å². The number of carbonyl (C=O) groups is 1. The molecule has 5 heteroatoms. The molecule has 0 fully saturated rings. The molecule has 0 bridgehead atoms. The molecular formula is C13H11ClN2OS. The number of rotatable bonds is 2. The Labute approximate surface area is 116 Å². The lowest BCUT2D eigenvalue weighted by molar-refractivity contribution is 0.262. The highest BCUT2D eigenvalue weighted by molar-refractivity contribution is 7.80. The Morgan fingerprint density at radius 1 is 1.00 bits per heavy atom. The van der Waals surface area contributed by atoms with Crippen LogP contribution in [0.5, 0.6) is 0 Å². The van der Waals surface area contributed by atoms with Crippen LogP contribution in [0.2, 0.25) is 5.02 Å². The Morgan fingerprint density at radius 2 is 1.67 bits per heavy atom. The summed E-state index contributed by atoms with van der Waals surface area (Å²) in [6, 6.07) is 13.8. The predicted molar refractivity (Wildman–Crippen MR) is 77.8 cm³/mol. The maximum atomic E-state index is 11.7. The first kappa shape index (κ1) is 12.8. The second-order valence-electron chi connectivity index (χ2n) is 3.64. The highest BCUT2D eigenvalue weighted by Crippen LogP contribution is 2.16. The summed E-state index contributed by atoms with van der Waals surface area (Å²) in [6.45, 7) is 0. The number of benzene rings is 2. The number of hydrogen-bond acceptors (Lipinski definition) is 2. The van der Waals surface area contributed by atoms with Crippen molar-refractivity contribution in [3.63, 3.8) is 0 Å². The van der Waals surface area contributed by atoms with Crippen LogP contribution in [-0.4, -0.2) is 6.03 Å². The molecule has 2 aromatic rings. The summed E-state index contributed by atoms with van der Waals surface area (Å²) in [5.74, 6) is 0. The van der Waals surface area contributed by atoms with Gasteiger partial charge in [-0.2, -0.15) is 0 Å². The van der Waals surface area contributed by atoms with Gasteiger partial charge in [0.05, 0.1) is 0 Å². The summed E-state index contributed by atoms with van der Waals surface area (Å²) in [5.41, 5.74) is 1.35. The third-order valence-corrected chi connectivity index (χ3v) is 2.74. The summed E-state index contributed by atoms with van der Waals surface area (Å²) >= 11 is 10.00. The second-order valence-corrected chi connectivity index (χ2v) is 4.59. The number of urea groups is 1. The number of anilines is 2. The molecule has 2 aromatic carbocycles. The Bertz CT molecular complexity index is 557. The third kappa shape index (κ3) is 3.68. The van der Waals surface area contributed by atoms with Crippen molar-refractivity contribution in [1.29, 1.82) is 0 Å². The minimum atomic E-state index is -0.316. The summed E-state index contributed by atoms with van der Waals surface area (Å²) in [7, 11) is 0. The van der Waals surface area contributed by atoms with E-state index in [0.29, 0.717) is 16.4 Å². The molecule has 18 heavy (non-hydrogen) atoms. The van der Waals surface area contributed by atoms with E-state index in [1.807, 2.05) is 0 Å². The van der Waals surface area contributed by atoms with Gasteiger partial charge in [0.25, 0.3) is 0 Å². The van der Waals surface area contributed by atoms with Gasteiger partial charge in [0.15, 0.2) is 0 Å². The summed E-state index contributed by atoms with van der Waals surface area (Å²) in [4.78, 5) is 12.5. The molecule has 2 amide bonds. The van der Waals surface area contributed by atoms with Gasteiger partial charge in [-0.1, -0.05) is 17.7 Å². The van der Waals surface area contributed by atoms with Gasteiger partial charge < -0.3 is 10.6 Å². The minimum Gasteiger partial charge on any atom is -0.308 e. The van der Waals surface area contributed by atoms with Crippen LogP contribution in [-0.2, 0) is 0 Å². The summed E-state index contributed by atoms with van der Waals surface area (Å²) in [6.07, 6.45) is 0. The van der Waals surface area contributed by atoms with Gasteiger partial charge in [-0.25, -0.2) is 4.79 Å². The van der Waals surface area contributed by atoms with Crippen LogP contribution in [0.1, 0.15) is 0 Å². The highest BCUT2D eigenvalue weighted by atomic mass is 35.5. The van der Waals surface area contributed by atoms with Gasteiger partial charge in [-0.3, -0.25) is 0 Å². The zero-order valence-electron chi connectivity index (χ0n) is 9.35. The molecule has 0 atom stereocenters. The van der Waals surface area contributed by atoms with Crippen LogP contribution in [0.15, 0.2) is 53.4 Å². The SMILES string of the molecule is O=C(Nc1ccc(S)cc1)Nc1cccc(Cl)c1. The highest BCUT2D eigenvalue weighted by Gasteiger charge is 2.02. The lowest BCUT2D eigenvalue weighted by Crippen LogP contribution is -2.19.